The molecule has 4 nitrogen and oxygen atoms in total. The van der Waals surface area contributed by atoms with Crippen LogP contribution in [0.4, 0.5) is 0 Å². The number of carbonyl (C=O) groups excluding carboxylic acids is 1. The van der Waals surface area contributed by atoms with Crippen LogP contribution in [0.2, 0.25) is 0 Å². The number of aryl methyl sites for hydroxylation is 3. The van der Waals surface area contributed by atoms with Crippen LogP contribution >= 0.6 is 0 Å². The molecule has 4 aromatic carbocycles. The first kappa shape index (κ1) is 23.1. The number of fused-ring (bicyclic) bond motifs is 2. The van der Waals surface area contributed by atoms with E-state index >= 15 is 0 Å². The molecule has 35 heavy (non-hydrogen) atoms. The molecule has 0 radical (unpaired) electrons. The van der Waals surface area contributed by atoms with Crippen LogP contribution in [0, 0.1) is 13.8 Å². The third-order valence-electron chi connectivity index (χ3n) is 7.30. The molecule has 1 amide bonds. The molecule has 0 fully saturated rings. The SMILES string of the molecule is Cc1cc(O)cc(C)c1CC(N)C(=O)NC1CCCc2ccc(-c3ccc4ccccc4c3)cc21. The van der Waals surface area contributed by atoms with Gasteiger partial charge in [-0.1, -0.05) is 48.5 Å². The van der Waals surface area contributed by atoms with E-state index in [-0.39, 0.29) is 17.7 Å². The van der Waals surface area contributed by atoms with Gasteiger partial charge in [-0.25, -0.2) is 0 Å². The van der Waals surface area contributed by atoms with E-state index in [9.17, 15) is 9.90 Å². The summed E-state index contributed by atoms with van der Waals surface area (Å²) in [6, 6.07) is 24.3. The van der Waals surface area contributed by atoms with Crippen molar-refractivity contribution in [3.05, 3.63) is 101 Å². The fourth-order valence-electron chi connectivity index (χ4n) is 5.38. The molecule has 0 heterocycles. The number of hydrogen-bond donors (Lipinski definition) is 3. The number of nitrogens with one attached hydrogen (secondary N) is 1. The third kappa shape index (κ3) is 4.80. The minimum Gasteiger partial charge on any atom is -0.508 e. The summed E-state index contributed by atoms with van der Waals surface area (Å²) in [5.74, 6) is 0.105. The molecule has 0 aliphatic heterocycles. The van der Waals surface area contributed by atoms with Crippen molar-refractivity contribution in [2.75, 3.05) is 0 Å². The predicted molar refractivity (Wildman–Crippen MR) is 142 cm³/mol. The number of carbonyl (C=O) groups is 1. The van der Waals surface area contributed by atoms with Gasteiger partial charge < -0.3 is 16.2 Å². The van der Waals surface area contributed by atoms with Gasteiger partial charge in [0.25, 0.3) is 0 Å². The van der Waals surface area contributed by atoms with Crippen LogP contribution in [0.5, 0.6) is 5.75 Å². The molecule has 4 aromatic rings. The summed E-state index contributed by atoms with van der Waals surface area (Å²) in [5.41, 5.74) is 14.1. The van der Waals surface area contributed by atoms with Gasteiger partial charge in [0.1, 0.15) is 5.75 Å². The van der Waals surface area contributed by atoms with E-state index in [0.717, 1.165) is 41.5 Å². The fourth-order valence-corrected chi connectivity index (χ4v) is 5.38. The molecule has 178 valence electrons. The highest BCUT2D eigenvalue weighted by Gasteiger charge is 2.25. The fraction of sp³-hybridized carbons (Fsp3) is 0.258. The van der Waals surface area contributed by atoms with E-state index in [4.69, 9.17) is 5.73 Å². The quantitative estimate of drug-likeness (QED) is 0.345. The topological polar surface area (TPSA) is 75.3 Å². The van der Waals surface area contributed by atoms with Crippen LogP contribution in [0.3, 0.4) is 0 Å². The average Bonchev–Trinajstić information content (AvgIpc) is 2.85. The van der Waals surface area contributed by atoms with Crippen molar-refractivity contribution >= 4 is 16.7 Å². The summed E-state index contributed by atoms with van der Waals surface area (Å²) in [6.45, 7) is 3.89. The first-order valence-corrected chi connectivity index (χ1v) is 12.4. The van der Waals surface area contributed by atoms with E-state index in [1.165, 1.54) is 27.5 Å². The third-order valence-corrected chi connectivity index (χ3v) is 7.30. The molecule has 2 unspecified atom stereocenters. The Bertz CT molecular complexity index is 1390. The Balaban J connectivity index is 1.37. The number of phenolic OH excluding ortho intramolecular Hbond substituents is 1. The molecular formula is C31H32N2O2. The molecule has 0 spiro atoms. The smallest absolute Gasteiger partial charge is 0.237 e. The highest BCUT2D eigenvalue weighted by Crippen LogP contribution is 2.34. The summed E-state index contributed by atoms with van der Waals surface area (Å²) >= 11 is 0. The zero-order chi connectivity index (χ0) is 24.5. The van der Waals surface area contributed by atoms with Crippen molar-refractivity contribution in [2.24, 2.45) is 5.73 Å². The van der Waals surface area contributed by atoms with Crippen LogP contribution in [0.25, 0.3) is 21.9 Å². The number of amides is 1. The number of nitrogens with two attached hydrogens (primary N) is 1. The summed E-state index contributed by atoms with van der Waals surface area (Å²) in [6.07, 6.45) is 3.42. The monoisotopic (exact) mass is 464 g/mol. The number of benzene rings is 4. The van der Waals surface area contributed by atoms with Crippen LogP contribution in [0.15, 0.2) is 72.8 Å². The molecule has 2 atom stereocenters. The Morgan fingerprint density at radius 2 is 1.66 bits per heavy atom. The molecular weight excluding hydrogens is 432 g/mol. The molecule has 5 rings (SSSR count). The van der Waals surface area contributed by atoms with Gasteiger partial charge in [0.15, 0.2) is 0 Å². The Morgan fingerprint density at radius 3 is 2.43 bits per heavy atom. The molecule has 4 N–H and O–H groups in total. The van der Waals surface area contributed by atoms with E-state index < -0.39 is 6.04 Å². The summed E-state index contributed by atoms with van der Waals surface area (Å²) in [5, 5.41) is 15.5. The first-order chi connectivity index (χ1) is 16.9. The van der Waals surface area contributed by atoms with Crippen LogP contribution in [-0.2, 0) is 17.6 Å². The highest BCUT2D eigenvalue weighted by atomic mass is 16.3. The maximum Gasteiger partial charge on any atom is 0.237 e. The molecule has 0 bridgehead atoms. The predicted octanol–water partition coefficient (Wildman–Crippen LogP) is 5.89. The molecule has 1 aliphatic rings. The maximum atomic E-state index is 13.1. The lowest BCUT2D eigenvalue weighted by atomic mass is 9.85. The Kier molecular flexibility index (Phi) is 6.31. The minimum absolute atomic E-state index is 0.0419. The Labute approximate surface area is 206 Å². The van der Waals surface area contributed by atoms with Crippen molar-refractivity contribution in [3.63, 3.8) is 0 Å². The lowest BCUT2D eigenvalue weighted by Crippen LogP contribution is -2.44. The standard InChI is InChI=1S/C31H32N2O2/c1-19-14-26(34)15-20(2)27(19)18-29(32)31(35)33-30-9-5-8-22-11-13-25(17-28(22)30)24-12-10-21-6-3-4-7-23(21)16-24/h3-4,6-7,10-17,29-30,34H,5,8-9,18,32H2,1-2H3,(H,33,35). The molecule has 0 saturated carbocycles. The molecule has 0 saturated heterocycles. The van der Waals surface area contributed by atoms with Gasteiger partial charge in [-0.05, 0) is 114 Å². The zero-order valence-electron chi connectivity index (χ0n) is 20.3. The van der Waals surface area contributed by atoms with E-state index in [1.807, 2.05) is 13.8 Å². The van der Waals surface area contributed by atoms with E-state index in [1.54, 1.807) is 12.1 Å². The van der Waals surface area contributed by atoms with Gasteiger partial charge >= 0.3 is 0 Å². The summed E-state index contributed by atoms with van der Waals surface area (Å²) < 4.78 is 0. The van der Waals surface area contributed by atoms with Gasteiger partial charge in [0.05, 0.1) is 12.1 Å². The first-order valence-electron chi connectivity index (χ1n) is 12.4. The zero-order valence-corrected chi connectivity index (χ0v) is 20.3. The molecule has 1 aliphatic carbocycles. The molecule has 4 heteroatoms. The lowest BCUT2D eigenvalue weighted by Gasteiger charge is -2.28. The van der Waals surface area contributed by atoms with E-state index in [0.29, 0.717) is 6.42 Å². The van der Waals surface area contributed by atoms with Gasteiger partial charge in [-0.15, -0.1) is 0 Å². The summed E-state index contributed by atoms with van der Waals surface area (Å²) in [7, 11) is 0. The number of aromatic hydroxyl groups is 1. The van der Waals surface area contributed by atoms with Crippen LogP contribution in [0.1, 0.15) is 46.7 Å². The van der Waals surface area contributed by atoms with Gasteiger partial charge in [0.2, 0.25) is 5.91 Å². The number of hydrogen-bond acceptors (Lipinski definition) is 3. The van der Waals surface area contributed by atoms with Gasteiger partial charge in [-0.2, -0.15) is 0 Å². The second kappa shape index (κ2) is 9.55. The Morgan fingerprint density at radius 1 is 0.971 bits per heavy atom. The van der Waals surface area contributed by atoms with Crippen molar-refractivity contribution in [2.45, 2.75) is 51.6 Å². The second-order valence-electron chi connectivity index (χ2n) is 9.80. The van der Waals surface area contributed by atoms with Crippen LogP contribution < -0.4 is 11.1 Å². The maximum absolute atomic E-state index is 13.1. The largest absolute Gasteiger partial charge is 0.508 e. The molecule has 0 aromatic heterocycles. The number of phenols is 1. The Hall–Kier alpha value is -3.63. The van der Waals surface area contributed by atoms with E-state index in [2.05, 4.69) is 66.0 Å². The number of rotatable bonds is 5. The normalized spacial score (nSPS) is 16.0. The average molecular weight is 465 g/mol. The minimum atomic E-state index is -0.647. The van der Waals surface area contributed by atoms with Crippen molar-refractivity contribution < 1.29 is 9.90 Å². The van der Waals surface area contributed by atoms with Crippen LogP contribution in [-0.4, -0.2) is 17.1 Å². The van der Waals surface area contributed by atoms with Gasteiger partial charge in [0, 0.05) is 0 Å². The van der Waals surface area contributed by atoms with Gasteiger partial charge in [-0.3, -0.25) is 4.79 Å². The summed E-state index contributed by atoms with van der Waals surface area (Å²) in [4.78, 5) is 13.1. The lowest BCUT2D eigenvalue weighted by molar-refractivity contribution is -0.123. The second-order valence-corrected chi connectivity index (χ2v) is 9.80. The van der Waals surface area contributed by atoms with Crippen molar-refractivity contribution in [1.29, 1.82) is 0 Å². The highest BCUT2D eigenvalue weighted by molar-refractivity contribution is 5.87. The van der Waals surface area contributed by atoms with Crippen molar-refractivity contribution in [1.82, 2.24) is 5.32 Å². The van der Waals surface area contributed by atoms with Crippen molar-refractivity contribution in [3.8, 4) is 16.9 Å².